The molecule has 5 nitrogen and oxygen atoms in total. The van der Waals surface area contributed by atoms with Gasteiger partial charge in [-0.2, -0.15) is 0 Å². The first-order valence-corrected chi connectivity index (χ1v) is 6.36. The minimum atomic E-state index is -1.37. The highest BCUT2D eigenvalue weighted by molar-refractivity contribution is 6.31. The number of hydrogen-bond acceptors (Lipinski definition) is 3. The lowest BCUT2D eigenvalue weighted by Gasteiger charge is -2.33. The third-order valence-corrected chi connectivity index (χ3v) is 3.33. The molecule has 2 rings (SSSR count). The Hall–Kier alpha value is -1.88. The zero-order valence-electron chi connectivity index (χ0n) is 11.0. The smallest absolute Gasteiger partial charge is 0.394 e. The van der Waals surface area contributed by atoms with E-state index in [1.54, 1.807) is 0 Å². The molecule has 1 amide bonds. The molecular weight excluding hydrogens is 244 g/mol. The van der Waals surface area contributed by atoms with E-state index in [0.717, 1.165) is 6.54 Å². The first-order chi connectivity index (χ1) is 9.06. The number of benzene rings is 1. The number of aryl methyl sites for hydroxylation is 1. The van der Waals surface area contributed by atoms with Crippen molar-refractivity contribution in [2.24, 2.45) is 0 Å². The predicted molar refractivity (Wildman–Crippen MR) is 70.7 cm³/mol. The summed E-state index contributed by atoms with van der Waals surface area (Å²) in [5.74, 6) is -2.16. The van der Waals surface area contributed by atoms with Gasteiger partial charge in [-0.3, -0.25) is 9.69 Å². The fraction of sp³-hybridized carbons (Fsp3) is 0.429. The molecule has 0 bridgehead atoms. The molecule has 1 aromatic rings. The monoisotopic (exact) mass is 262 g/mol. The van der Waals surface area contributed by atoms with Gasteiger partial charge in [-0.15, -0.1) is 0 Å². The van der Waals surface area contributed by atoms with Gasteiger partial charge < -0.3 is 10.0 Å². The Morgan fingerprint density at radius 1 is 1.21 bits per heavy atom. The largest absolute Gasteiger partial charge is 0.474 e. The van der Waals surface area contributed by atoms with E-state index < -0.39 is 11.9 Å². The Balaban J connectivity index is 1.87. The van der Waals surface area contributed by atoms with E-state index in [9.17, 15) is 9.59 Å². The molecule has 1 aromatic carbocycles. The van der Waals surface area contributed by atoms with Crippen LogP contribution in [0.5, 0.6) is 0 Å². The highest BCUT2D eigenvalue weighted by Gasteiger charge is 2.25. The van der Waals surface area contributed by atoms with Gasteiger partial charge in [0.15, 0.2) is 0 Å². The van der Waals surface area contributed by atoms with Gasteiger partial charge in [0.05, 0.1) is 0 Å². The SMILES string of the molecule is Cc1cccc(CN2CCN(C(=O)C(=O)O)CC2)c1. The van der Waals surface area contributed by atoms with E-state index in [4.69, 9.17) is 5.11 Å². The van der Waals surface area contributed by atoms with Gasteiger partial charge in [-0.05, 0) is 12.5 Å². The fourth-order valence-corrected chi connectivity index (χ4v) is 2.31. The predicted octanol–water partition coefficient (Wildman–Crippen LogP) is 0.724. The Labute approximate surface area is 112 Å². The first kappa shape index (κ1) is 13.5. The second-order valence-corrected chi connectivity index (χ2v) is 4.86. The quantitative estimate of drug-likeness (QED) is 0.798. The summed E-state index contributed by atoms with van der Waals surface area (Å²) in [5.41, 5.74) is 2.48. The Kier molecular flexibility index (Phi) is 4.16. The number of amides is 1. The number of hydrogen-bond donors (Lipinski definition) is 1. The molecule has 5 heteroatoms. The van der Waals surface area contributed by atoms with Gasteiger partial charge in [-0.25, -0.2) is 4.79 Å². The van der Waals surface area contributed by atoms with Crippen LogP contribution in [0.1, 0.15) is 11.1 Å². The summed E-state index contributed by atoms with van der Waals surface area (Å²) in [5, 5.41) is 8.66. The van der Waals surface area contributed by atoms with Crippen LogP contribution in [0.2, 0.25) is 0 Å². The van der Waals surface area contributed by atoms with Crippen molar-refractivity contribution in [2.75, 3.05) is 26.2 Å². The summed E-state index contributed by atoms with van der Waals surface area (Å²) >= 11 is 0. The lowest BCUT2D eigenvalue weighted by Crippen LogP contribution is -2.50. The number of carboxylic acids is 1. The van der Waals surface area contributed by atoms with Crippen molar-refractivity contribution in [3.8, 4) is 0 Å². The van der Waals surface area contributed by atoms with Crippen molar-refractivity contribution >= 4 is 11.9 Å². The second kappa shape index (κ2) is 5.84. The lowest BCUT2D eigenvalue weighted by molar-refractivity contribution is -0.156. The molecule has 1 aliphatic heterocycles. The zero-order valence-corrected chi connectivity index (χ0v) is 11.0. The van der Waals surface area contributed by atoms with Gasteiger partial charge in [0.25, 0.3) is 0 Å². The first-order valence-electron chi connectivity index (χ1n) is 6.36. The van der Waals surface area contributed by atoms with Crippen LogP contribution < -0.4 is 0 Å². The molecule has 1 heterocycles. The minimum absolute atomic E-state index is 0.483. The van der Waals surface area contributed by atoms with Crippen LogP contribution in [0.3, 0.4) is 0 Å². The number of carboxylic acid groups (broad SMARTS) is 1. The number of carbonyl (C=O) groups excluding carboxylic acids is 1. The summed E-state index contributed by atoms with van der Waals surface area (Å²) < 4.78 is 0. The molecule has 1 N–H and O–H groups in total. The molecule has 0 saturated carbocycles. The standard InChI is InChI=1S/C14H18N2O3/c1-11-3-2-4-12(9-11)10-15-5-7-16(8-6-15)13(17)14(18)19/h2-4,9H,5-8,10H2,1H3,(H,18,19). The molecule has 19 heavy (non-hydrogen) atoms. The van der Waals surface area contributed by atoms with Crippen molar-refractivity contribution in [3.05, 3.63) is 35.4 Å². The van der Waals surface area contributed by atoms with Crippen molar-refractivity contribution in [1.29, 1.82) is 0 Å². The number of nitrogens with zero attached hydrogens (tertiary/aromatic N) is 2. The summed E-state index contributed by atoms with van der Waals surface area (Å²) in [6.07, 6.45) is 0. The molecule has 1 aliphatic rings. The average molecular weight is 262 g/mol. The molecule has 0 aromatic heterocycles. The maximum Gasteiger partial charge on any atom is 0.394 e. The third-order valence-electron chi connectivity index (χ3n) is 3.33. The number of rotatable bonds is 2. The molecular formula is C14H18N2O3. The van der Waals surface area contributed by atoms with Crippen molar-refractivity contribution in [2.45, 2.75) is 13.5 Å². The Morgan fingerprint density at radius 3 is 2.47 bits per heavy atom. The summed E-state index contributed by atoms with van der Waals surface area (Å²) in [7, 11) is 0. The van der Waals surface area contributed by atoms with Crippen molar-refractivity contribution < 1.29 is 14.7 Å². The molecule has 1 saturated heterocycles. The summed E-state index contributed by atoms with van der Waals surface area (Å²) in [6, 6.07) is 8.33. The number of piperazine rings is 1. The van der Waals surface area contributed by atoms with Gasteiger partial charge in [0, 0.05) is 32.7 Å². The topological polar surface area (TPSA) is 60.9 Å². The second-order valence-electron chi connectivity index (χ2n) is 4.86. The van der Waals surface area contributed by atoms with Crippen LogP contribution in [0, 0.1) is 6.92 Å². The molecule has 0 unspecified atom stereocenters. The van der Waals surface area contributed by atoms with E-state index in [0.29, 0.717) is 26.2 Å². The van der Waals surface area contributed by atoms with Crippen LogP contribution in [0.15, 0.2) is 24.3 Å². The van der Waals surface area contributed by atoms with Crippen molar-refractivity contribution in [3.63, 3.8) is 0 Å². The Morgan fingerprint density at radius 2 is 1.89 bits per heavy atom. The molecule has 102 valence electrons. The highest BCUT2D eigenvalue weighted by atomic mass is 16.4. The van der Waals surface area contributed by atoms with Gasteiger partial charge in [0.2, 0.25) is 0 Å². The number of carbonyl (C=O) groups is 2. The van der Waals surface area contributed by atoms with E-state index in [-0.39, 0.29) is 0 Å². The van der Waals surface area contributed by atoms with Crippen molar-refractivity contribution in [1.82, 2.24) is 9.80 Å². The molecule has 0 atom stereocenters. The fourth-order valence-electron chi connectivity index (χ4n) is 2.31. The van der Waals surface area contributed by atoms with Crippen LogP contribution in [-0.2, 0) is 16.1 Å². The average Bonchev–Trinajstić information content (AvgIpc) is 2.39. The maximum absolute atomic E-state index is 11.3. The summed E-state index contributed by atoms with van der Waals surface area (Å²) in [4.78, 5) is 25.6. The lowest BCUT2D eigenvalue weighted by atomic mass is 10.1. The van der Waals surface area contributed by atoms with E-state index in [1.165, 1.54) is 16.0 Å². The van der Waals surface area contributed by atoms with Crippen LogP contribution in [0.4, 0.5) is 0 Å². The molecule has 0 radical (unpaired) electrons. The zero-order chi connectivity index (χ0) is 13.8. The molecule has 0 spiro atoms. The van der Waals surface area contributed by atoms with E-state index >= 15 is 0 Å². The molecule has 0 aliphatic carbocycles. The maximum atomic E-state index is 11.3. The normalized spacial score (nSPS) is 16.4. The highest BCUT2D eigenvalue weighted by Crippen LogP contribution is 2.10. The van der Waals surface area contributed by atoms with Crippen LogP contribution >= 0.6 is 0 Å². The van der Waals surface area contributed by atoms with Gasteiger partial charge in [-0.1, -0.05) is 29.8 Å². The summed E-state index contributed by atoms with van der Waals surface area (Å²) in [6.45, 7) is 5.30. The third kappa shape index (κ3) is 3.54. The Bertz CT molecular complexity index is 479. The van der Waals surface area contributed by atoms with E-state index in [2.05, 4.69) is 30.0 Å². The minimum Gasteiger partial charge on any atom is -0.474 e. The van der Waals surface area contributed by atoms with Gasteiger partial charge >= 0.3 is 11.9 Å². The van der Waals surface area contributed by atoms with Crippen LogP contribution in [-0.4, -0.2) is 53.0 Å². The van der Waals surface area contributed by atoms with Crippen LogP contribution in [0.25, 0.3) is 0 Å². The molecule has 1 fully saturated rings. The number of aliphatic carboxylic acids is 1. The van der Waals surface area contributed by atoms with E-state index in [1.807, 2.05) is 6.07 Å². The van der Waals surface area contributed by atoms with Gasteiger partial charge in [0.1, 0.15) is 0 Å².